The molecule has 0 N–H and O–H groups in total. The SMILES string of the molecule is Cc1cccc(C2(N3CCCC3=O)CCN(Cc3ccccc3)CC2)c1. The van der Waals surface area contributed by atoms with Crippen LogP contribution >= 0.6 is 0 Å². The van der Waals surface area contributed by atoms with Gasteiger partial charge >= 0.3 is 0 Å². The molecule has 0 radical (unpaired) electrons. The second-order valence-corrected chi connectivity index (χ2v) is 7.81. The summed E-state index contributed by atoms with van der Waals surface area (Å²) in [5, 5.41) is 0. The molecular weight excluding hydrogens is 320 g/mol. The van der Waals surface area contributed by atoms with E-state index >= 15 is 0 Å². The summed E-state index contributed by atoms with van der Waals surface area (Å²) in [6, 6.07) is 19.5. The van der Waals surface area contributed by atoms with Crippen LogP contribution < -0.4 is 0 Å². The number of carbonyl (C=O) groups is 1. The molecule has 0 unspecified atom stereocenters. The Kier molecular flexibility index (Phi) is 4.82. The zero-order valence-corrected chi connectivity index (χ0v) is 15.7. The molecule has 3 heteroatoms. The van der Waals surface area contributed by atoms with Gasteiger partial charge in [-0.05, 0) is 37.3 Å². The number of amides is 1. The van der Waals surface area contributed by atoms with Gasteiger partial charge in [-0.3, -0.25) is 9.69 Å². The van der Waals surface area contributed by atoms with Crippen molar-refractivity contribution in [3.05, 3.63) is 71.3 Å². The van der Waals surface area contributed by atoms with Crippen LogP contribution in [0.25, 0.3) is 0 Å². The molecule has 0 atom stereocenters. The van der Waals surface area contributed by atoms with Crippen LogP contribution in [0, 0.1) is 6.92 Å². The van der Waals surface area contributed by atoms with Gasteiger partial charge in [-0.1, -0.05) is 60.2 Å². The molecule has 3 nitrogen and oxygen atoms in total. The monoisotopic (exact) mass is 348 g/mol. The highest BCUT2D eigenvalue weighted by Crippen LogP contribution is 2.41. The molecule has 2 aromatic carbocycles. The minimum Gasteiger partial charge on any atom is -0.333 e. The summed E-state index contributed by atoms with van der Waals surface area (Å²) >= 11 is 0. The van der Waals surface area contributed by atoms with Crippen molar-refractivity contribution < 1.29 is 4.79 Å². The Morgan fingerprint density at radius 1 is 0.962 bits per heavy atom. The number of likely N-dealkylation sites (tertiary alicyclic amines) is 2. The van der Waals surface area contributed by atoms with Crippen molar-refractivity contribution in [3.8, 4) is 0 Å². The predicted molar refractivity (Wildman–Crippen MR) is 105 cm³/mol. The van der Waals surface area contributed by atoms with Gasteiger partial charge in [0.15, 0.2) is 0 Å². The van der Waals surface area contributed by atoms with Crippen molar-refractivity contribution in [2.45, 2.75) is 44.7 Å². The molecule has 0 aliphatic carbocycles. The molecule has 2 heterocycles. The number of piperidine rings is 1. The van der Waals surface area contributed by atoms with Crippen LogP contribution in [0.4, 0.5) is 0 Å². The van der Waals surface area contributed by atoms with E-state index in [0.29, 0.717) is 12.3 Å². The molecule has 2 fully saturated rings. The molecule has 136 valence electrons. The van der Waals surface area contributed by atoms with E-state index in [0.717, 1.165) is 45.4 Å². The average molecular weight is 348 g/mol. The minimum atomic E-state index is -0.118. The third-order valence-corrected chi connectivity index (χ3v) is 6.08. The van der Waals surface area contributed by atoms with E-state index in [1.165, 1.54) is 16.7 Å². The van der Waals surface area contributed by atoms with Crippen molar-refractivity contribution in [3.63, 3.8) is 0 Å². The Morgan fingerprint density at radius 3 is 2.38 bits per heavy atom. The van der Waals surface area contributed by atoms with Crippen LogP contribution in [0.1, 0.15) is 42.4 Å². The van der Waals surface area contributed by atoms with Gasteiger partial charge in [0.1, 0.15) is 0 Å². The molecule has 2 saturated heterocycles. The predicted octanol–water partition coefficient (Wildman–Crippen LogP) is 4.11. The maximum absolute atomic E-state index is 12.6. The molecule has 2 aliphatic heterocycles. The Labute approximate surface area is 156 Å². The molecule has 0 spiro atoms. The van der Waals surface area contributed by atoms with Crippen LogP contribution in [0.5, 0.6) is 0 Å². The second kappa shape index (κ2) is 7.24. The number of rotatable bonds is 4. The van der Waals surface area contributed by atoms with E-state index in [2.05, 4.69) is 71.3 Å². The standard InChI is InChI=1S/C23H28N2O/c1-19-7-5-10-21(17-19)23(25-14-6-11-22(25)26)12-15-24(16-13-23)18-20-8-3-2-4-9-20/h2-5,7-10,17H,6,11-16,18H2,1H3. The van der Waals surface area contributed by atoms with Crippen molar-refractivity contribution in [2.24, 2.45) is 0 Å². The summed E-state index contributed by atoms with van der Waals surface area (Å²) < 4.78 is 0. The molecular formula is C23H28N2O. The quantitative estimate of drug-likeness (QED) is 0.830. The molecule has 0 saturated carbocycles. The summed E-state index contributed by atoms with van der Waals surface area (Å²) in [5.41, 5.74) is 3.85. The first-order valence-corrected chi connectivity index (χ1v) is 9.81. The largest absolute Gasteiger partial charge is 0.333 e. The molecule has 2 aromatic rings. The lowest BCUT2D eigenvalue weighted by atomic mass is 9.78. The first-order chi connectivity index (χ1) is 12.7. The van der Waals surface area contributed by atoms with Crippen LogP contribution in [-0.4, -0.2) is 35.3 Å². The molecule has 0 aromatic heterocycles. The smallest absolute Gasteiger partial charge is 0.223 e. The van der Waals surface area contributed by atoms with Crippen molar-refractivity contribution >= 4 is 5.91 Å². The van der Waals surface area contributed by atoms with Gasteiger partial charge in [-0.2, -0.15) is 0 Å². The fraction of sp³-hybridized carbons (Fsp3) is 0.435. The van der Waals surface area contributed by atoms with Crippen LogP contribution in [-0.2, 0) is 16.9 Å². The number of hydrogen-bond acceptors (Lipinski definition) is 2. The van der Waals surface area contributed by atoms with E-state index < -0.39 is 0 Å². The molecule has 0 bridgehead atoms. The minimum absolute atomic E-state index is 0.118. The molecule has 4 rings (SSSR count). The van der Waals surface area contributed by atoms with E-state index in [1.54, 1.807) is 0 Å². The van der Waals surface area contributed by atoms with Crippen LogP contribution in [0.15, 0.2) is 54.6 Å². The number of benzene rings is 2. The topological polar surface area (TPSA) is 23.6 Å². The summed E-state index contributed by atoms with van der Waals surface area (Å²) in [7, 11) is 0. The summed E-state index contributed by atoms with van der Waals surface area (Å²) in [4.78, 5) is 17.3. The third-order valence-electron chi connectivity index (χ3n) is 6.08. The lowest BCUT2D eigenvalue weighted by molar-refractivity contribution is -0.136. The first kappa shape index (κ1) is 17.3. The van der Waals surface area contributed by atoms with Gasteiger partial charge in [0, 0.05) is 32.6 Å². The Bertz CT molecular complexity index is 763. The zero-order chi connectivity index (χ0) is 18.0. The van der Waals surface area contributed by atoms with Crippen molar-refractivity contribution in [1.82, 2.24) is 9.80 Å². The lowest BCUT2D eigenvalue weighted by Gasteiger charge is -2.48. The molecule has 26 heavy (non-hydrogen) atoms. The highest BCUT2D eigenvalue weighted by Gasteiger charge is 2.45. The van der Waals surface area contributed by atoms with Gasteiger partial charge in [-0.25, -0.2) is 0 Å². The number of aryl methyl sites for hydroxylation is 1. The fourth-order valence-electron chi connectivity index (χ4n) is 4.67. The van der Waals surface area contributed by atoms with Gasteiger partial charge in [0.05, 0.1) is 5.54 Å². The van der Waals surface area contributed by atoms with Crippen molar-refractivity contribution in [2.75, 3.05) is 19.6 Å². The Balaban J connectivity index is 1.57. The molecule has 2 aliphatic rings. The normalized spacial score (nSPS) is 20.5. The number of hydrogen-bond donors (Lipinski definition) is 0. The van der Waals surface area contributed by atoms with Gasteiger partial charge < -0.3 is 4.90 Å². The van der Waals surface area contributed by atoms with E-state index in [-0.39, 0.29) is 5.54 Å². The summed E-state index contributed by atoms with van der Waals surface area (Å²) in [6.07, 6.45) is 3.76. The van der Waals surface area contributed by atoms with Gasteiger partial charge in [0.25, 0.3) is 0 Å². The van der Waals surface area contributed by atoms with E-state index in [9.17, 15) is 4.79 Å². The Morgan fingerprint density at radius 2 is 1.73 bits per heavy atom. The summed E-state index contributed by atoms with van der Waals surface area (Å²) in [5.74, 6) is 0.336. The zero-order valence-electron chi connectivity index (χ0n) is 15.7. The molecule has 1 amide bonds. The maximum Gasteiger partial charge on any atom is 0.223 e. The van der Waals surface area contributed by atoms with Crippen LogP contribution in [0.2, 0.25) is 0 Å². The fourth-order valence-corrected chi connectivity index (χ4v) is 4.67. The van der Waals surface area contributed by atoms with Crippen molar-refractivity contribution in [1.29, 1.82) is 0 Å². The van der Waals surface area contributed by atoms with E-state index in [1.807, 2.05) is 0 Å². The lowest BCUT2D eigenvalue weighted by Crippen LogP contribution is -2.53. The van der Waals surface area contributed by atoms with E-state index in [4.69, 9.17) is 0 Å². The van der Waals surface area contributed by atoms with Crippen LogP contribution in [0.3, 0.4) is 0 Å². The van der Waals surface area contributed by atoms with Gasteiger partial charge in [0.2, 0.25) is 5.91 Å². The highest BCUT2D eigenvalue weighted by molar-refractivity contribution is 5.79. The number of nitrogens with zero attached hydrogens (tertiary/aromatic N) is 2. The maximum atomic E-state index is 12.6. The third kappa shape index (κ3) is 3.28. The number of carbonyl (C=O) groups excluding carboxylic acids is 1. The summed E-state index contributed by atoms with van der Waals surface area (Å²) in [6.45, 7) is 6.12. The average Bonchev–Trinajstić information content (AvgIpc) is 3.10. The highest BCUT2D eigenvalue weighted by atomic mass is 16.2. The second-order valence-electron chi connectivity index (χ2n) is 7.81. The first-order valence-electron chi connectivity index (χ1n) is 9.81. The van der Waals surface area contributed by atoms with Gasteiger partial charge in [-0.15, -0.1) is 0 Å². The Hall–Kier alpha value is -2.13.